The predicted molar refractivity (Wildman–Crippen MR) is 62.9 cm³/mol. The Labute approximate surface area is 89.5 Å². The van der Waals surface area contributed by atoms with E-state index in [0.29, 0.717) is 5.41 Å². The molecule has 0 radical (unpaired) electrons. The Hall–Kier alpha value is -1.28. The molecule has 78 valence electrons. The Balaban J connectivity index is 2.14. The molecule has 0 saturated heterocycles. The molecule has 0 aliphatic heterocycles. The van der Waals surface area contributed by atoms with E-state index in [1.165, 1.54) is 29.3 Å². The van der Waals surface area contributed by atoms with E-state index >= 15 is 0 Å². The number of benzene rings is 1. The van der Waals surface area contributed by atoms with Crippen LogP contribution < -0.4 is 5.73 Å². The fraction of sp³-hybridized carbons (Fsp3) is 0.385. The Bertz CT molecular complexity index is 480. The van der Waals surface area contributed by atoms with Crippen LogP contribution in [0.25, 0.3) is 10.9 Å². The van der Waals surface area contributed by atoms with Crippen molar-refractivity contribution in [2.45, 2.75) is 24.7 Å². The Kier molecular flexibility index (Phi) is 1.86. The molecular formula is C13H16N2. The van der Waals surface area contributed by atoms with Gasteiger partial charge in [0, 0.05) is 11.7 Å². The van der Waals surface area contributed by atoms with Crippen LogP contribution in [0.2, 0.25) is 0 Å². The summed E-state index contributed by atoms with van der Waals surface area (Å²) in [5.41, 5.74) is 8.87. The number of H-pyrrole nitrogens is 1. The lowest BCUT2D eigenvalue weighted by atomic mass is 9.91. The van der Waals surface area contributed by atoms with E-state index in [9.17, 15) is 0 Å². The van der Waals surface area contributed by atoms with Crippen molar-refractivity contribution in [2.24, 2.45) is 5.73 Å². The number of rotatable bonds is 3. The fourth-order valence-electron chi connectivity index (χ4n) is 2.61. The molecule has 1 aliphatic carbocycles. The van der Waals surface area contributed by atoms with Gasteiger partial charge in [-0.1, -0.05) is 18.2 Å². The van der Waals surface area contributed by atoms with Gasteiger partial charge in [0.1, 0.15) is 0 Å². The summed E-state index contributed by atoms with van der Waals surface area (Å²) in [5.74, 6) is 0. The van der Waals surface area contributed by atoms with Crippen LogP contribution in [0.3, 0.4) is 0 Å². The lowest BCUT2D eigenvalue weighted by Gasteiger charge is -2.15. The van der Waals surface area contributed by atoms with E-state index in [-0.39, 0.29) is 0 Å². The van der Waals surface area contributed by atoms with E-state index in [4.69, 9.17) is 5.73 Å². The van der Waals surface area contributed by atoms with Crippen LogP contribution in [0.1, 0.15) is 24.8 Å². The standard InChI is InChI=1S/C13H16N2/c14-8-7-13(5-6-13)11-3-1-2-10-4-9-15-12(10)11/h1-4,9,15H,5-8,14H2. The summed E-state index contributed by atoms with van der Waals surface area (Å²) < 4.78 is 0. The topological polar surface area (TPSA) is 41.8 Å². The first-order chi connectivity index (χ1) is 7.36. The first kappa shape index (κ1) is 8.98. The van der Waals surface area contributed by atoms with Crippen LogP contribution in [0.15, 0.2) is 30.5 Å². The van der Waals surface area contributed by atoms with Crippen LogP contribution in [0, 0.1) is 0 Å². The molecule has 0 atom stereocenters. The zero-order valence-corrected chi connectivity index (χ0v) is 8.79. The van der Waals surface area contributed by atoms with E-state index in [2.05, 4.69) is 29.2 Å². The summed E-state index contributed by atoms with van der Waals surface area (Å²) in [6.45, 7) is 0.789. The molecule has 1 aliphatic rings. The number of nitrogens with two attached hydrogens (primary N) is 1. The zero-order chi connectivity index (χ0) is 10.3. The van der Waals surface area contributed by atoms with Gasteiger partial charge in [0.15, 0.2) is 0 Å². The van der Waals surface area contributed by atoms with Crippen molar-refractivity contribution in [2.75, 3.05) is 6.54 Å². The smallest absolute Gasteiger partial charge is 0.0492 e. The predicted octanol–water partition coefficient (Wildman–Crippen LogP) is 2.55. The number of aromatic amines is 1. The Morgan fingerprint density at radius 1 is 1.27 bits per heavy atom. The molecule has 0 unspecified atom stereocenters. The number of hydrogen-bond acceptors (Lipinski definition) is 1. The van der Waals surface area contributed by atoms with E-state index in [1.807, 2.05) is 6.20 Å². The Morgan fingerprint density at radius 2 is 2.13 bits per heavy atom. The molecule has 3 N–H and O–H groups in total. The van der Waals surface area contributed by atoms with Crippen LogP contribution in [0.4, 0.5) is 0 Å². The largest absolute Gasteiger partial charge is 0.361 e. The van der Waals surface area contributed by atoms with E-state index < -0.39 is 0 Å². The van der Waals surface area contributed by atoms with Crippen LogP contribution in [0.5, 0.6) is 0 Å². The van der Waals surface area contributed by atoms with Crippen LogP contribution in [-0.2, 0) is 5.41 Å². The molecule has 0 amide bonds. The normalized spacial score (nSPS) is 18.2. The summed E-state index contributed by atoms with van der Waals surface area (Å²) in [6.07, 6.45) is 5.72. The number of hydrogen-bond donors (Lipinski definition) is 2. The van der Waals surface area contributed by atoms with Gasteiger partial charge in [0.25, 0.3) is 0 Å². The molecule has 1 aromatic carbocycles. The maximum Gasteiger partial charge on any atom is 0.0492 e. The van der Waals surface area contributed by atoms with Gasteiger partial charge in [-0.3, -0.25) is 0 Å². The minimum atomic E-state index is 0.388. The second-order valence-electron chi connectivity index (χ2n) is 4.57. The summed E-state index contributed by atoms with van der Waals surface area (Å²) in [4.78, 5) is 3.35. The third-order valence-electron chi connectivity index (χ3n) is 3.64. The average molecular weight is 200 g/mol. The highest BCUT2D eigenvalue weighted by Crippen LogP contribution is 2.52. The van der Waals surface area contributed by atoms with Crippen molar-refractivity contribution in [3.63, 3.8) is 0 Å². The molecule has 2 nitrogen and oxygen atoms in total. The van der Waals surface area contributed by atoms with Crippen molar-refractivity contribution >= 4 is 10.9 Å². The minimum Gasteiger partial charge on any atom is -0.361 e. The highest BCUT2D eigenvalue weighted by atomic mass is 14.7. The monoisotopic (exact) mass is 200 g/mol. The summed E-state index contributed by atoms with van der Waals surface area (Å²) in [5, 5.41) is 1.32. The molecular weight excluding hydrogens is 184 g/mol. The lowest BCUT2D eigenvalue weighted by Crippen LogP contribution is -2.13. The van der Waals surface area contributed by atoms with Gasteiger partial charge < -0.3 is 10.7 Å². The average Bonchev–Trinajstić information content (AvgIpc) is 2.88. The highest BCUT2D eigenvalue weighted by Gasteiger charge is 2.44. The molecule has 1 aromatic heterocycles. The zero-order valence-electron chi connectivity index (χ0n) is 8.79. The van der Waals surface area contributed by atoms with Crippen LogP contribution in [-0.4, -0.2) is 11.5 Å². The quantitative estimate of drug-likeness (QED) is 0.785. The molecule has 1 heterocycles. The van der Waals surface area contributed by atoms with Crippen molar-refractivity contribution in [3.05, 3.63) is 36.0 Å². The molecule has 2 heteroatoms. The molecule has 15 heavy (non-hydrogen) atoms. The van der Waals surface area contributed by atoms with Crippen molar-refractivity contribution in [1.82, 2.24) is 4.98 Å². The van der Waals surface area contributed by atoms with Gasteiger partial charge in [-0.2, -0.15) is 0 Å². The second kappa shape index (κ2) is 3.11. The third kappa shape index (κ3) is 1.29. The molecule has 1 saturated carbocycles. The molecule has 2 aromatic rings. The number of para-hydroxylation sites is 1. The molecule has 0 spiro atoms. The first-order valence-electron chi connectivity index (χ1n) is 5.62. The summed E-state index contributed by atoms with van der Waals surface area (Å²) in [6, 6.07) is 8.70. The summed E-state index contributed by atoms with van der Waals surface area (Å²) in [7, 11) is 0. The van der Waals surface area contributed by atoms with E-state index in [1.54, 1.807) is 0 Å². The van der Waals surface area contributed by atoms with Gasteiger partial charge in [-0.05, 0) is 48.2 Å². The molecule has 1 fully saturated rings. The first-order valence-corrected chi connectivity index (χ1v) is 5.62. The van der Waals surface area contributed by atoms with Gasteiger partial charge >= 0.3 is 0 Å². The Morgan fingerprint density at radius 3 is 2.87 bits per heavy atom. The fourth-order valence-corrected chi connectivity index (χ4v) is 2.61. The number of nitrogens with one attached hydrogen (secondary N) is 1. The van der Waals surface area contributed by atoms with Gasteiger partial charge in [0.05, 0.1) is 0 Å². The summed E-state index contributed by atoms with van der Waals surface area (Å²) >= 11 is 0. The van der Waals surface area contributed by atoms with Gasteiger partial charge in [0.2, 0.25) is 0 Å². The maximum absolute atomic E-state index is 5.70. The number of aromatic nitrogens is 1. The lowest BCUT2D eigenvalue weighted by molar-refractivity contribution is 0.633. The third-order valence-corrected chi connectivity index (χ3v) is 3.64. The van der Waals surface area contributed by atoms with Crippen molar-refractivity contribution in [3.8, 4) is 0 Å². The second-order valence-corrected chi connectivity index (χ2v) is 4.57. The minimum absolute atomic E-state index is 0.388. The molecule has 3 rings (SSSR count). The maximum atomic E-state index is 5.70. The van der Waals surface area contributed by atoms with Crippen molar-refractivity contribution in [1.29, 1.82) is 0 Å². The van der Waals surface area contributed by atoms with Crippen molar-refractivity contribution < 1.29 is 0 Å². The van der Waals surface area contributed by atoms with Gasteiger partial charge in [-0.25, -0.2) is 0 Å². The number of fused-ring (bicyclic) bond motifs is 1. The molecule has 0 bridgehead atoms. The van der Waals surface area contributed by atoms with E-state index in [0.717, 1.165) is 13.0 Å². The van der Waals surface area contributed by atoms with Crippen LogP contribution >= 0.6 is 0 Å². The SMILES string of the molecule is NCCC1(c2cccc3cc[nH]c23)CC1. The highest BCUT2D eigenvalue weighted by molar-refractivity contribution is 5.84. The van der Waals surface area contributed by atoms with Gasteiger partial charge in [-0.15, -0.1) is 0 Å².